The van der Waals surface area contributed by atoms with Gasteiger partial charge in [-0.3, -0.25) is 0 Å². The molecule has 1 heterocycles. The van der Waals surface area contributed by atoms with Crippen LogP contribution in [0.3, 0.4) is 0 Å². The first-order valence-electron chi connectivity index (χ1n) is 5.10. The van der Waals surface area contributed by atoms with E-state index in [2.05, 4.69) is 25.4 Å². The zero-order valence-electron chi connectivity index (χ0n) is 9.71. The number of nitrogens with one attached hydrogen (secondary N) is 2. The number of alkyl halides is 3. The molecule has 102 valence electrons. The highest BCUT2D eigenvalue weighted by molar-refractivity contribution is 5.55. The Labute approximate surface area is 102 Å². The van der Waals surface area contributed by atoms with Gasteiger partial charge in [0, 0.05) is 12.1 Å². The fourth-order valence-corrected chi connectivity index (χ4v) is 1.20. The third-order valence-electron chi connectivity index (χ3n) is 2.03. The van der Waals surface area contributed by atoms with Gasteiger partial charge in [0.2, 0.25) is 0 Å². The number of hydrogen-bond donors (Lipinski definition) is 3. The number of anilines is 2. The van der Waals surface area contributed by atoms with Crippen molar-refractivity contribution >= 4 is 11.6 Å². The summed E-state index contributed by atoms with van der Waals surface area (Å²) < 4.78 is 39.8. The molecule has 0 atom stereocenters. The highest BCUT2D eigenvalue weighted by atomic mass is 19.4. The normalized spacial score (nSPS) is 11.4. The van der Waals surface area contributed by atoms with Gasteiger partial charge in [0.05, 0.1) is 6.61 Å². The second-order valence-corrected chi connectivity index (χ2v) is 3.43. The molecule has 18 heavy (non-hydrogen) atoms. The van der Waals surface area contributed by atoms with Gasteiger partial charge >= 0.3 is 6.18 Å². The van der Waals surface area contributed by atoms with Crippen LogP contribution >= 0.6 is 0 Å². The van der Waals surface area contributed by atoms with Crippen LogP contribution in [-0.4, -0.2) is 35.9 Å². The maximum Gasteiger partial charge on any atom is 0.411 e. The van der Waals surface area contributed by atoms with Crippen molar-refractivity contribution in [3.63, 3.8) is 0 Å². The molecule has 0 aliphatic carbocycles. The van der Waals surface area contributed by atoms with Crippen LogP contribution in [0.4, 0.5) is 24.8 Å². The van der Waals surface area contributed by atoms with E-state index in [0.717, 1.165) is 0 Å². The molecule has 0 radical (unpaired) electrons. The summed E-state index contributed by atoms with van der Waals surface area (Å²) in [4.78, 5) is 7.80. The smallest absolute Gasteiger partial charge is 0.370 e. The minimum atomic E-state index is -4.30. The molecule has 0 unspecified atom stereocenters. The number of aromatic nitrogens is 2. The summed E-state index contributed by atoms with van der Waals surface area (Å²) in [6.45, 7) is 0.605. The molecule has 1 rings (SSSR count). The Kier molecular flexibility index (Phi) is 5.10. The Bertz CT molecular complexity index is 385. The second kappa shape index (κ2) is 6.36. The quantitative estimate of drug-likeness (QED) is 0.405. The number of nitrogens with zero attached hydrogens (tertiary/aromatic N) is 2. The van der Waals surface area contributed by atoms with E-state index in [4.69, 9.17) is 5.84 Å². The number of rotatable bonds is 6. The highest BCUT2D eigenvalue weighted by Crippen LogP contribution is 2.17. The highest BCUT2D eigenvalue weighted by Gasteiger charge is 2.27. The molecule has 1 aromatic heterocycles. The summed E-state index contributed by atoms with van der Waals surface area (Å²) in [5.41, 5.74) is 3.06. The van der Waals surface area contributed by atoms with Crippen molar-refractivity contribution in [3.05, 3.63) is 11.9 Å². The van der Waals surface area contributed by atoms with Gasteiger partial charge < -0.3 is 15.5 Å². The number of nitrogens with two attached hydrogens (primary N) is 1. The van der Waals surface area contributed by atoms with Gasteiger partial charge in [-0.1, -0.05) is 0 Å². The lowest BCUT2D eigenvalue weighted by molar-refractivity contribution is -0.172. The van der Waals surface area contributed by atoms with Crippen LogP contribution in [0, 0.1) is 6.92 Å². The van der Waals surface area contributed by atoms with Gasteiger partial charge in [-0.2, -0.15) is 13.2 Å². The van der Waals surface area contributed by atoms with Crippen LogP contribution < -0.4 is 16.6 Å². The fourth-order valence-electron chi connectivity index (χ4n) is 1.20. The van der Waals surface area contributed by atoms with Crippen molar-refractivity contribution in [2.24, 2.45) is 5.84 Å². The number of ether oxygens (including phenoxy) is 1. The summed E-state index contributed by atoms with van der Waals surface area (Å²) in [6, 6.07) is 0. The topological polar surface area (TPSA) is 85.1 Å². The summed E-state index contributed by atoms with van der Waals surface area (Å²) in [5, 5.41) is 2.83. The van der Waals surface area contributed by atoms with Crippen molar-refractivity contribution < 1.29 is 17.9 Å². The second-order valence-electron chi connectivity index (χ2n) is 3.43. The molecular weight excluding hydrogens is 251 g/mol. The standard InChI is InChI=1S/C9H14F3N5O/c1-6-7(15-5-16-8(6)17-13)14-2-3-18-4-9(10,11)12/h5H,2-4,13H2,1H3,(H2,14,15,16,17). The van der Waals surface area contributed by atoms with Gasteiger partial charge in [0.1, 0.15) is 24.6 Å². The molecule has 0 saturated carbocycles. The predicted molar refractivity (Wildman–Crippen MR) is 59.9 cm³/mol. The van der Waals surface area contributed by atoms with Crippen LogP contribution in [0.25, 0.3) is 0 Å². The van der Waals surface area contributed by atoms with E-state index < -0.39 is 12.8 Å². The van der Waals surface area contributed by atoms with Crippen LogP contribution in [-0.2, 0) is 4.74 Å². The molecule has 0 aliphatic rings. The maximum atomic E-state index is 11.8. The molecule has 0 fully saturated rings. The lowest BCUT2D eigenvalue weighted by atomic mass is 10.3. The summed E-state index contributed by atoms with van der Waals surface area (Å²) in [6.07, 6.45) is -3.01. The van der Waals surface area contributed by atoms with Crippen LogP contribution in [0.5, 0.6) is 0 Å². The van der Waals surface area contributed by atoms with Gasteiger partial charge in [-0.25, -0.2) is 15.8 Å². The first-order valence-corrected chi connectivity index (χ1v) is 5.10. The maximum absolute atomic E-state index is 11.8. The Hall–Kier alpha value is -1.61. The first kappa shape index (κ1) is 14.5. The molecule has 0 bridgehead atoms. The number of hydrazine groups is 1. The van der Waals surface area contributed by atoms with Crippen molar-refractivity contribution in [1.82, 2.24) is 9.97 Å². The molecular formula is C9H14F3N5O. The Morgan fingerprint density at radius 2 is 2.00 bits per heavy atom. The Morgan fingerprint density at radius 1 is 1.33 bits per heavy atom. The van der Waals surface area contributed by atoms with E-state index in [1.165, 1.54) is 6.33 Å². The Morgan fingerprint density at radius 3 is 2.61 bits per heavy atom. The van der Waals surface area contributed by atoms with Crippen molar-refractivity contribution in [2.75, 3.05) is 30.5 Å². The Balaban J connectivity index is 2.36. The van der Waals surface area contributed by atoms with E-state index in [0.29, 0.717) is 17.2 Å². The number of hydrogen-bond acceptors (Lipinski definition) is 6. The molecule has 1 aromatic rings. The average molecular weight is 265 g/mol. The number of nitrogen functional groups attached to an aromatic ring is 1. The van der Waals surface area contributed by atoms with Gasteiger partial charge in [0.25, 0.3) is 0 Å². The summed E-state index contributed by atoms with van der Waals surface area (Å²) >= 11 is 0. The van der Waals surface area contributed by atoms with E-state index in [-0.39, 0.29) is 13.2 Å². The van der Waals surface area contributed by atoms with Crippen molar-refractivity contribution in [1.29, 1.82) is 0 Å². The van der Waals surface area contributed by atoms with E-state index in [9.17, 15) is 13.2 Å². The monoisotopic (exact) mass is 265 g/mol. The summed E-state index contributed by atoms with van der Waals surface area (Å²) in [5.74, 6) is 6.17. The van der Waals surface area contributed by atoms with E-state index in [1.807, 2.05) is 0 Å². The van der Waals surface area contributed by atoms with E-state index >= 15 is 0 Å². The molecule has 0 spiro atoms. The van der Waals surface area contributed by atoms with Gasteiger partial charge in [-0.05, 0) is 6.92 Å². The molecule has 0 aliphatic heterocycles. The largest absolute Gasteiger partial charge is 0.411 e. The molecule has 0 amide bonds. The molecule has 6 nitrogen and oxygen atoms in total. The van der Waals surface area contributed by atoms with Gasteiger partial charge in [-0.15, -0.1) is 0 Å². The zero-order valence-corrected chi connectivity index (χ0v) is 9.71. The minimum absolute atomic E-state index is 0.0751. The van der Waals surface area contributed by atoms with Crippen molar-refractivity contribution in [3.8, 4) is 0 Å². The third kappa shape index (κ3) is 4.72. The molecule has 0 saturated heterocycles. The van der Waals surface area contributed by atoms with Gasteiger partial charge in [0.15, 0.2) is 0 Å². The average Bonchev–Trinajstić information content (AvgIpc) is 2.29. The lowest BCUT2D eigenvalue weighted by Crippen LogP contribution is -2.20. The summed E-state index contributed by atoms with van der Waals surface area (Å²) in [7, 11) is 0. The molecule has 9 heteroatoms. The zero-order chi connectivity index (χ0) is 13.6. The molecule has 0 aromatic carbocycles. The van der Waals surface area contributed by atoms with E-state index in [1.54, 1.807) is 6.92 Å². The SMILES string of the molecule is Cc1c(NN)ncnc1NCCOCC(F)(F)F. The van der Waals surface area contributed by atoms with Crippen LogP contribution in [0.1, 0.15) is 5.56 Å². The number of halogens is 3. The molecule has 4 N–H and O–H groups in total. The lowest BCUT2D eigenvalue weighted by Gasteiger charge is -2.11. The fraction of sp³-hybridized carbons (Fsp3) is 0.556. The first-order chi connectivity index (χ1) is 8.44. The predicted octanol–water partition coefficient (Wildman–Crippen LogP) is 1.06. The minimum Gasteiger partial charge on any atom is -0.370 e. The van der Waals surface area contributed by atoms with Crippen LogP contribution in [0.2, 0.25) is 0 Å². The van der Waals surface area contributed by atoms with Crippen molar-refractivity contribution in [2.45, 2.75) is 13.1 Å². The van der Waals surface area contributed by atoms with Crippen LogP contribution in [0.15, 0.2) is 6.33 Å². The third-order valence-corrected chi connectivity index (χ3v) is 2.03.